The quantitative estimate of drug-likeness (QED) is 0.489. The molecule has 0 bridgehead atoms. The van der Waals surface area contributed by atoms with Crippen molar-refractivity contribution in [1.82, 2.24) is 4.98 Å². The van der Waals surface area contributed by atoms with Crippen molar-refractivity contribution < 1.29 is 18.5 Å². The summed E-state index contributed by atoms with van der Waals surface area (Å²) in [5.74, 6) is -3.37. The summed E-state index contributed by atoms with van der Waals surface area (Å²) in [7, 11) is 0. The van der Waals surface area contributed by atoms with Crippen molar-refractivity contribution in [2.45, 2.75) is 6.42 Å². The molecule has 0 saturated carbocycles. The normalized spacial score (nSPS) is 10.3. The summed E-state index contributed by atoms with van der Waals surface area (Å²) in [5.41, 5.74) is -0.846. The molecule has 0 spiro atoms. The molecule has 0 amide bonds. The summed E-state index contributed by atoms with van der Waals surface area (Å²) in [4.78, 5) is 25.7. The molecule has 0 aliphatic carbocycles. The van der Waals surface area contributed by atoms with E-state index in [1.165, 1.54) is 6.20 Å². The molecule has 102 valence electrons. The molecule has 1 aromatic heterocycles. The highest BCUT2D eigenvalue weighted by Crippen LogP contribution is 2.23. The van der Waals surface area contributed by atoms with E-state index in [1.807, 2.05) is 0 Å². The molecule has 0 N–H and O–H groups in total. The van der Waals surface area contributed by atoms with Gasteiger partial charge < -0.3 is 0 Å². The monoisotopic (exact) mass is 278 g/mol. The maximum atomic E-state index is 13.2. The molecule has 5 nitrogen and oxygen atoms in total. The Morgan fingerprint density at radius 1 is 1.25 bits per heavy atom. The lowest BCUT2D eigenvalue weighted by molar-refractivity contribution is -0.385. The van der Waals surface area contributed by atoms with Crippen LogP contribution in [0.3, 0.4) is 0 Å². The zero-order valence-electron chi connectivity index (χ0n) is 10.0. The second-order valence-corrected chi connectivity index (χ2v) is 3.96. The maximum Gasteiger partial charge on any atom is 0.283 e. The molecule has 20 heavy (non-hydrogen) atoms. The lowest BCUT2D eigenvalue weighted by Gasteiger charge is -2.03. The van der Waals surface area contributed by atoms with Crippen molar-refractivity contribution in [1.29, 1.82) is 0 Å². The van der Waals surface area contributed by atoms with Crippen molar-refractivity contribution in [3.05, 3.63) is 69.5 Å². The van der Waals surface area contributed by atoms with Crippen LogP contribution in [-0.4, -0.2) is 15.7 Å². The molecule has 1 heterocycles. The van der Waals surface area contributed by atoms with Gasteiger partial charge in [0.2, 0.25) is 0 Å². The number of benzene rings is 1. The standard InChI is InChI=1S/C13H8F2N2O3/c14-10-6-9(12(17(19)20)7-11(10)15)13(18)5-8-3-1-2-4-16-8/h1-4,6-7H,5H2. The largest absolute Gasteiger partial charge is 0.293 e. The highest BCUT2D eigenvalue weighted by atomic mass is 19.2. The third-order valence-corrected chi connectivity index (χ3v) is 2.60. The predicted molar refractivity (Wildman–Crippen MR) is 65.3 cm³/mol. The number of aromatic nitrogens is 1. The number of pyridine rings is 1. The van der Waals surface area contributed by atoms with E-state index in [4.69, 9.17) is 0 Å². The van der Waals surface area contributed by atoms with E-state index >= 15 is 0 Å². The Hall–Kier alpha value is -2.70. The first-order chi connectivity index (χ1) is 9.49. The van der Waals surface area contributed by atoms with Gasteiger partial charge in [0, 0.05) is 11.9 Å². The number of ketones is 1. The molecule has 0 atom stereocenters. The van der Waals surface area contributed by atoms with Crippen LogP contribution in [-0.2, 0) is 6.42 Å². The molecule has 2 aromatic rings. The zero-order chi connectivity index (χ0) is 14.7. The molecule has 0 aliphatic heterocycles. The van der Waals surface area contributed by atoms with Gasteiger partial charge in [-0.3, -0.25) is 19.9 Å². The Bertz CT molecular complexity index is 675. The molecule has 0 unspecified atom stereocenters. The highest BCUT2D eigenvalue weighted by Gasteiger charge is 2.24. The van der Waals surface area contributed by atoms with Gasteiger partial charge in [-0.15, -0.1) is 0 Å². The first kappa shape index (κ1) is 13.7. The third kappa shape index (κ3) is 2.82. The van der Waals surface area contributed by atoms with Crippen LogP contribution in [0.2, 0.25) is 0 Å². The zero-order valence-corrected chi connectivity index (χ0v) is 10.0. The van der Waals surface area contributed by atoms with Gasteiger partial charge in [-0.25, -0.2) is 8.78 Å². The van der Waals surface area contributed by atoms with Crippen LogP contribution >= 0.6 is 0 Å². The summed E-state index contributed by atoms with van der Waals surface area (Å²) in [6.07, 6.45) is 1.23. The number of rotatable bonds is 4. The summed E-state index contributed by atoms with van der Waals surface area (Å²) >= 11 is 0. The van der Waals surface area contributed by atoms with Crippen molar-refractivity contribution in [2.75, 3.05) is 0 Å². The topological polar surface area (TPSA) is 73.1 Å². The van der Waals surface area contributed by atoms with E-state index in [2.05, 4.69) is 4.98 Å². The Balaban J connectivity index is 2.39. The number of hydrogen-bond donors (Lipinski definition) is 0. The Kier molecular flexibility index (Phi) is 3.79. The number of Topliss-reactive ketones (excluding diaryl/α,β-unsaturated/α-hetero) is 1. The van der Waals surface area contributed by atoms with Crippen LogP contribution in [0.5, 0.6) is 0 Å². The number of hydrogen-bond acceptors (Lipinski definition) is 4. The van der Waals surface area contributed by atoms with E-state index in [1.54, 1.807) is 18.2 Å². The van der Waals surface area contributed by atoms with E-state index in [9.17, 15) is 23.7 Å². The van der Waals surface area contributed by atoms with Gasteiger partial charge in [0.25, 0.3) is 5.69 Å². The van der Waals surface area contributed by atoms with Gasteiger partial charge in [-0.05, 0) is 18.2 Å². The molecule has 7 heteroatoms. The first-order valence-corrected chi connectivity index (χ1v) is 5.55. The Labute approximate surface area is 112 Å². The molecule has 2 rings (SSSR count). The van der Waals surface area contributed by atoms with E-state index in [0.29, 0.717) is 17.8 Å². The van der Waals surface area contributed by atoms with Crippen LogP contribution in [0.1, 0.15) is 16.1 Å². The molecular formula is C13H8F2N2O3. The van der Waals surface area contributed by atoms with E-state index < -0.39 is 33.6 Å². The summed E-state index contributed by atoms with van der Waals surface area (Å²) in [5, 5.41) is 10.8. The van der Waals surface area contributed by atoms with Crippen LogP contribution in [0.15, 0.2) is 36.5 Å². The SMILES string of the molecule is O=C(Cc1ccccn1)c1cc(F)c(F)cc1[N+](=O)[O-]. The van der Waals surface area contributed by atoms with Crippen LogP contribution in [0.25, 0.3) is 0 Å². The molecule has 0 fully saturated rings. The second-order valence-electron chi connectivity index (χ2n) is 3.96. The van der Waals surface area contributed by atoms with Crippen molar-refractivity contribution in [3.8, 4) is 0 Å². The first-order valence-electron chi connectivity index (χ1n) is 5.55. The third-order valence-electron chi connectivity index (χ3n) is 2.60. The van der Waals surface area contributed by atoms with Crippen molar-refractivity contribution in [3.63, 3.8) is 0 Å². The smallest absolute Gasteiger partial charge is 0.283 e. The number of carbonyl (C=O) groups is 1. The van der Waals surface area contributed by atoms with Crippen LogP contribution in [0, 0.1) is 21.7 Å². The number of halogens is 2. The lowest BCUT2D eigenvalue weighted by atomic mass is 10.0. The van der Waals surface area contributed by atoms with Crippen molar-refractivity contribution >= 4 is 11.5 Å². The number of carbonyl (C=O) groups excluding carboxylic acids is 1. The van der Waals surface area contributed by atoms with Gasteiger partial charge in [0.05, 0.1) is 23.0 Å². The summed E-state index contributed by atoms with van der Waals surface area (Å²) < 4.78 is 26.2. The van der Waals surface area contributed by atoms with Gasteiger partial charge in [0.1, 0.15) is 0 Å². The fraction of sp³-hybridized carbons (Fsp3) is 0.0769. The molecule has 1 aromatic carbocycles. The highest BCUT2D eigenvalue weighted by molar-refractivity contribution is 6.00. The number of nitro benzene ring substituents is 1. The van der Waals surface area contributed by atoms with E-state index in [0.717, 1.165) is 0 Å². The fourth-order valence-electron chi connectivity index (χ4n) is 1.67. The average Bonchev–Trinajstić information content (AvgIpc) is 2.42. The van der Waals surface area contributed by atoms with Crippen molar-refractivity contribution in [2.24, 2.45) is 0 Å². The van der Waals surface area contributed by atoms with Gasteiger partial charge in [-0.2, -0.15) is 0 Å². The number of nitrogens with zero attached hydrogens (tertiary/aromatic N) is 2. The minimum absolute atomic E-state index is 0.229. The average molecular weight is 278 g/mol. The predicted octanol–water partition coefficient (Wildman–Crippen LogP) is 2.69. The molecule has 0 aliphatic rings. The maximum absolute atomic E-state index is 13.2. The van der Waals surface area contributed by atoms with Gasteiger partial charge in [-0.1, -0.05) is 6.07 Å². The molecule has 0 radical (unpaired) electrons. The molecular weight excluding hydrogens is 270 g/mol. The summed E-state index contributed by atoms with van der Waals surface area (Å²) in [6.45, 7) is 0. The Morgan fingerprint density at radius 3 is 2.55 bits per heavy atom. The minimum Gasteiger partial charge on any atom is -0.293 e. The molecule has 0 saturated heterocycles. The van der Waals surface area contributed by atoms with Gasteiger partial charge >= 0.3 is 0 Å². The second kappa shape index (κ2) is 5.52. The van der Waals surface area contributed by atoms with E-state index in [-0.39, 0.29) is 6.42 Å². The minimum atomic E-state index is -1.37. The number of nitro groups is 1. The van der Waals surface area contributed by atoms with Crippen LogP contribution in [0.4, 0.5) is 14.5 Å². The lowest BCUT2D eigenvalue weighted by Crippen LogP contribution is -2.09. The Morgan fingerprint density at radius 2 is 1.95 bits per heavy atom. The summed E-state index contributed by atoms with van der Waals surface area (Å²) in [6, 6.07) is 5.80. The fourth-order valence-corrected chi connectivity index (χ4v) is 1.67. The van der Waals surface area contributed by atoms with Crippen LogP contribution < -0.4 is 0 Å². The van der Waals surface area contributed by atoms with Gasteiger partial charge in [0.15, 0.2) is 17.4 Å².